The molecular formula is C6H7BN2O3. The van der Waals surface area contributed by atoms with Gasteiger partial charge in [-0.05, 0) is 0 Å². The highest BCUT2D eigenvalue weighted by Gasteiger charge is 2.15. The molecule has 0 fully saturated rings. The number of carbonyl (C=O) groups excluding carboxylic acids is 1. The maximum absolute atomic E-state index is 11.0. The molecule has 0 saturated heterocycles. The van der Waals surface area contributed by atoms with Crippen molar-refractivity contribution in [2.45, 2.75) is 6.61 Å². The molecule has 0 amide bonds. The summed E-state index contributed by atoms with van der Waals surface area (Å²) in [5.41, 5.74) is 0.282. The SMILES string of the molecule is [B]n1cnc(CO)c1C(=O)OC. The molecule has 0 aromatic carbocycles. The summed E-state index contributed by atoms with van der Waals surface area (Å²) in [6.07, 6.45) is 1.23. The van der Waals surface area contributed by atoms with Crippen molar-refractivity contribution in [2.24, 2.45) is 0 Å². The fourth-order valence-corrected chi connectivity index (χ4v) is 0.835. The molecule has 0 spiro atoms. The van der Waals surface area contributed by atoms with Crippen LogP contribution in [-0.2, 0) is 11.3 Å². The van der Waals surface area contributed by atoms with E-state index in [4.69, 9.17) is 13.1 Å². The van der Waals surface area contributed by atoms with Crippen molar-refractivity contribution in [3.8, 4) is 0 Å². The zero-order valence-corrected chi connectivity index (χ0v) is 6.52. The maximum atomic E-state index is 11.0. The largest absolute Gasteiger partial charge is 0.464 e. The maximum Gasteiger partial charge on any atom is 0.355 e. The Morgan fingerprint density at radius 1 is 1.92 bits per heavy atom. The normalized spacial score (nSPS) is 9.83. The first-order chi connectivity index (χ1) is 5.70. The van der Waals surface area contributed by atoms with Gasteiger partial charge in [0.25, 0.3) is 0 Å². The second kappa shape index (κ2) is 3.40. The fourth-order valence-electron chi connectivity index (χ4n) is 0.835. The summed E-state index contributed by atoms with van der Waals surface area (Å²) < 4.78 is 5.44. The third-order valence-electron chi connectivity index (χ3n) is 1.40. The Morgan fingerprint density at radius 2 is 2.58 bits per heavy atom. The Morgan fingerprint density at radius 3 is 3.08 bits per heavy atom. The molecular weight excluding hydrogens is 159 g/mol. The fraction of sp³-hybridized carbons (Fsp3) is 0.333. The summed E-state index contributed by atoms with van der Waals surface area (Å²) in [6, 6.07) is 0. The number of carbonyl (C=O) groups is 1. The Bertz CT molecular complexity index is 297. The molecule has 0 aliphatic heterocycles. The molecule has 12 heavy (non-hydrogen) atoms. The highest BCUT2D eigenvalue weighted by molar-refractivity contribution is 6.10. The van der Waals surface area contributed by atoms with E-state index in [1.165, 1.54) is 13.4 Å². The second-order valence-corrected chi connectivity index (χ2v) is 2.10. The van der Waals surface area contributed by atoms with Crippen LogP contribution in [0.1, 0.15) is 16.2 Å². The average molecular weight is 166 g/mol. The van der Waals surface area contributed by atoms with Crippen molar-refractivity contribution >= 4 is 14.0 Å². The minimum Gasteiger partial charge on any atom is -0.464 e. The van der Waals surface area contributed by atoms with E-state index in [2.05, 4.69) is 9.72 Å². The predicted molar refractivity (Wildman–Crippen MR) is 40.6 cm³/mol. The van der Waals surface area contributed by atoms with Gasteiger partial charge in [-0.25, -0.2) is 9.78 Å². The number of aliphatic hydroxyl groups excluding tert-OH is 1. The van der Waals surface area contributed by atoms with Gasteiger partial charge in [0.15, 0.2) is 0 Å². The number of hydrogen-bond donors (Lipinski definition) is 1. The lowest BCUT2D eigenvalue weighted by Crippen LogP contribution is -2.11. The van der Waals surface area contributed by atoms with Gasteiger partial charge < -0.3 is 14.3 Å². The Hall–Kier alpha value is -1.30. The van der Waals surface area contributed by atoms with Crippen LogP contribution >= 0.6 is 0 Å². The predicted octanol–water partition coefficient (Wildman–Crippen LogP) is -0.906. The third kappa shape index (κ3) is 1.33. The molecule has 1 N–H and O–H groups in total. The second-order valence-electron chi connectivity index (χ2n) is 2.10. The summed E-state index contributed by atoms with van der Waals surface area (Å²) in [6.45, 7) is -0.339. The molecule has 1 aromatic heterocycles. The van der Waals surface area contributed by atoms with E-state index in [0.29, 0.717) is 0 Å². The van der Waals surface area contributed by atoms with Crippen LogP contribution in [0.4, 0.5) is 0 Å². The van der Waals surface area contributed by atoms with E-state index in [1.54, 1.807) is 0 Å². The van der Waals surface area contributed by atoms with Crippen molar-refractivity contribution in [3.63, 3.8) is 0 Å². The Kier molecular flexibility index (Phi) is 2.49. The lowest BCUT2D eigenvalue weighted by atomic mass is 10.3. The number of rotatable bonds is 2. The first kappa shape index (κ1) is 8.80. The van der Waals surface area contributed by atoms with Crippen molar-refractivity contribution in [1.29, 1.82) is 0 Å². The van der Waals surface area contributed by atoms with Crippen molar-refractivity contribution < 1.29 is 14.6 Å². The van der Waals surface area contributed by atoms with Crippen LogP contribution in [0.3, 0.4) is 0 Å². The zero-order valence-electron chi connectivity index (χ0n) is 6.52. The number of methoxy groups -OCH3 is 1. The van der Waals surface area contributed by atoms with Crippen LogP contribution in [0.2, 0.25) is 0 Å². The van der Waals surface area contributed by atoms with E-state index in [0.717, 1.165) is 4.48 Å². The quantitative estimate of drug-likeness (QED) is 0.456. The number of esters is 1. The molecule has 0 atom stereocenters. The van der Waals surface area contributed by atoms with Gasteiger partial charge in [0.1, 0.15) is 5.69 Å². The third-order valence-corrected chi connectivity index (χ3v) is 1.40. The van der Waals surface area contributed by atoms with Crippen LogP contribution < -0.4 is 0 Å². The van der Waals surface area contributed by atoms with Gasteiger partial charge in [0, 0.05) is 0 Å². The molecule has 1 rings (SSSR count). The number of imidazole rings is 1. The van der Waals surface area contributed by atoms with Crippen molar-refractivity contribution in [1.82, 2.24) is 9.46 Å². The zero-order chi connectivity index (χ0) is 9.14. The summed E-state index contributed by atoms with van der Waals surface area (Å²) in [4.78, 5) is 14.7. The molecule has 1 heterocycles. The van der Waals surface area contributed by atoms with Crippen LogP contribution in [0.5, 0.6) is 0 Å². The highest BCUT2D eigenvalue weighted by atomic mass is 16.5. The molecule has 1 aromatic rings. The number of nitrogens with zero attached hydrogens (tertiary/aromatic N) is 2. The van der Waals surface area contributed by atoms with E-state index in [1.807, 2.05) is 0 Å². The van der Waals surface area contributed by atoms with Gasteiger partial charge in [-0.15, -0.1) is 0 Å². The minimum absolute atomic E-state index is 0.0694. The monoisotopic (exact) mass is 166 g/mol. The van der Waals surface area contributed by atoms with E-state index in [9.17, 15) is 4.79 Å². The van der Waals surface area contributed by atoms with Gasteiger partial charge in [0.2, 0.25) is 7.98 Å². The Labute approximate surface area is 70.4 Å². The number of aliphatic hydroxyl groups is 1. The lowest BCUT2D eigenvalue weighted by molar-refractivity contribution is 0.0589. The molecule has 5 nitrogen and oxygen atoms in total. The van der Waals surface area contributed by atoms with Gasteiger partial charge in [-0.1, -0.05) is 0 Å². The van der Waals surface area contributed by atoms with Gasteiger partial charge in [-0.2, -0.15) is 0 Å². The van der Waals surface area contributed by atoms with Crippen LogP contribution in [0, 0.1) is 0 Å². The van der Waals surface area contributed by atoms with Gasteiger partial charge in [0.05, 0.1) is 25.7 Å². The first-order valence-corrected chi connectivity index (χ1v) is 3.21. The summed E-state index contributed by atoms with van der Waals surface area (Å²) in [5.74, 6) is -0.612. The standard InChI is InChI=1S/C6H7BN2O3/c1-12-6(11)5-4(2-10)8-3-9(5)7/h3,10H,2H2,1H3. The summed E-state index contributed by atoms with van der Waals surface area (Å²) in [7, 11) is 6.57. The van der Waals surface area contributed by atoms with Crippen molar-refractivity contribution in [3.05, 3.63) is 17.7 Å². The number of ether oxygens (including phenoxy) is 1. The lowest BCUT2D eigenvalue weighted by Gasteiger charge is -2.01. The average Bonchev–Trinajstić information content (AvgIpc) is 2.45. The van der Waals surface area contributed by atoms with Crippen LogP contribution in [0.25, 0.3) is 0 Å². The number of aromatic nitrogens is 2. The van der Waals surface area contributed by atoms with E-state index in [-0.39, 0.29) is 18.0 Å². The Balaban J connectivity index is 3.10. The molecule has 2 radical (unpaired) electrons. The van der Waals surface area contributed by atoms with Gasteiger partial charge >= 0.3 is 5.97 Å². The molecule has 0 saturated carbocycles. The van der Waals surface area contributed by atoms with Crippen molar-refractivity contribution in [2.75, 3.05) is 7.11 Å². The minimum atomic E-state index is -0.612. The molecule has 62 valence electrons. The van der Waals surface area contributed by atoms with Crippen LogP contribution in [-0.4, -0.2) is 35.6 Å². The molecule has 0 unspecified atom stereocenters. The summed E-state index contributed by atoms with van der Waals surface area (Å²) in [5, 5.41) is 8.74. The molecule has 0 aliphatic carbocycles. The molecule has 0 bridgehead atoms. The van der Waals surface area contributed by atoms with E-state index < -0.39 is 5.97 Å². The van der Waals surface area contributed by atoms with Crippen LogP contribution in [0.15, 0.2) is 6.33 Å². The summed E-state index contributed by atoms with van der Waals surface area (Å²) >= 11 is 0. The smallest absolute Gasteiger partial charge is 0.355 e. The van der Waals surface area contributed by atoms with Gasteiger partial charge in [-0.3, -0.25) is 0 Å². The molecule has 6 heteroatoms. The van der Waals surface area contributed by atoms with E-state index >= 15 is 0 Å². The number of hydrogen-bond acceptors (Lipinski definition) is 4. The topological polar surface area (TPSA) is 64.3 Å². The highest BCUT2D eigenvalue weighted by Crippen LogP contribution is 2.06. The molecule has 0 aliphatic rings. The first-order valence-electron chi connectivity index (χ1n) is 3.21.